The fourth-order valence-electron chi connectivity index (χ4n) is 4.02. The van der Waals surface area contributed by atoms with Crippen LogP contribution in [0.1, 0.15) is 59.6 Å². The summed E-state index contributed by atoms with van der Waals surface area (Å²) in [5, 5.41) is 0. The quantitative estimate of drug-likeness (QED) is 0.424. The van der Waals surface area contributed by atoms with Crippen molar-refractivity contribution in [3.63, 3.8) is 0 Å². The molecule has 0 fully saturated rings. The Morgan fingerprint density at radius 2 is 1.21 bits per heavy atom. The Balaban J connectivity index is 1.83. The molecule has 0 aliphatic heterocycles. The molecule has 1 atom stereocenters. The standard InChI is InChI=1S/C27H32BS/c1-8-18(3)23-9-11-24(12-10-23)29-25-15-21(6)27(22(7)16-25)28-26-19(4)13-17(2)14-20(26)5/h9-16,18H,8H2,1-7H3. The predicted molar refractivity (Wildman–Crippen MR) is 131 cm³/mol. The van der Waals surface area contributed by atoms with Crippen molar-refractivity contribution in [1.29, 1.82) is 0 Å². The second-order valence-corrected chi connectivity index (χ2v) is 9.55. The van der Waals surface area contributed by atoms with Crippen molar-refractivity contribution in [1.82, 2.24) is 0 Å². The highest BCUT2D eigenvalue weighted by Crippen LogP contribution is 2.30. The fourth-order valence-corrected chi connectivity index (χ4v) is 5.04. The largest absolute Gasteiger partial charge is 0.192 e. The van der Waals surface area contributed by atoms with Crippen molar-refractivity contribution < 1.29 is 0 Å². The van der Waals surface area contributed by atoms with Crippen molar-refractivity contribution in [3.05, 3.63) is 81.9 Å². The third kappa shape index (κ3) is 5.17. The van der Waals surface area contributed by atoms with E-state index in [2.05, 4.69) is 104 Å². The maximum Gasteiger partial charge on any atom is 0.192 e. The molecule has 0 spiro atoms. The molecule has 0 amide bonds. The van der Waals surface area contributed by atoms with Crippen LogP contribution in [0.2, 0.25) is 0 Å². The summed E-state index contributed by atoms with van der Waals surface area (Å²) >= 11 is 1.85. The zero-order valence-corrected chi connectivity index (χ0v) is 19.7. The topological polar surface area (TPSA) is 0 Å². The molecule has 0 saturated carbocycles. The van der Waals surface area contributed by atoms with Crippen LogP contribution in [0.5, 0.6) is 0 Å². The van der Waals surface area contributed by atoms with Crippen LogP contribution in [0.4, 0.5) is 0 Å². The second-order valence-electron chi connectivity index (χ2n) is 8.41. The monoisotopic (exact) mass is 399 g/mol. The summed E-state index contributed by atoms with van der Waals surface area (Å²) < 4.78 is 0. The van der Waals surface area contributed by atoms with Gasteiger partial charge in [0, 0.05) is 9.79 Å². The molecular weight excluding hydrogens is 367 g/mol. The molecule has 1 radical (unpaired) electrons. The van der Waals surface area contributed by atoms with Crippen molar-refractivity contribution in [2.75, 3.05) is 0 Å². The molecule has 1 unspecified atom stereocenters. The molecular formula is C27H32BS. The Morgan fingerprint density at radius 3 is 1.69 bits per heavy atom. The molecule has 0 aromatic heterocycles. The smallest absolute Gasteiger partial charge is 0.0901 e. The van der Waals surface area contributed by atoms with Gasteiger partial charge < -0.3 is 0 Å². The predicted octanol–water partition coefficient (Wildman–Crippen LogP) is 6.55. The molecule has 0 aliphatic rings. The number of aryl methyl sites for hydroxylation is 5. The Bertz CT molecular complexity index is 956. The van der Waals surface area contributed by atoms with Crippen LogP contribution in [0.15, 0.2) is 58.3 Å². The molecule has 0 saturated heterocycles. The molecule has 0 heterocycles. The van der Waals surface area contributed by atoms with Crippen LogP contribution in [0, 0.1) is 34.6 Å². The summed E-state index contributed by atoms with van der Waals surface area (Å²) in [6.45, 7) is 15.6. The number of hydrogen-bond donors (Lipinski definition) is 0. The third-order valence-electron chi connectivity index (χ3n) is 5.89. The van der Waals surface area contributed by atoms with Gasteiger partial charge in [0.2, 0.25) is 0 Å². The molecule has 149 valence electrons. The molecule has 3 aromatic rings. The van der Waals surface area contributed by atoms with Gasteiger partial charge in [0.1, 0.15) is 0 Å². The van der Waals surface area contributed by atoms with Crippen molar-refractivity contribution in [2.45, 2.75) is 70.6 Å². The van der Waals surface area contributed by atoms with E-state index < -0.39 is 0 Å². The van der Waals surface area contributed by atoms with E-state index in [-0.39, 0.29) is 0 Å². The van der Waals surface area contributed by atoms with E-state index in [1.165, 1.54) is 60.5 Å². The summed E-state index contributed by atoms with van der Waals surface area (Å²) in [5.74, 6) is 0.627. The highest BCUT2D eigenvalue weighted by atomic mass is 32.2. The van der Waals surface area contributed by atoms with Gasteiger partial charge in [-0.25, -0.2) is 0 Å². The summed E-state index contributed by atoms with van der Waals surface area (Å²) in [7, 11) is 2.37. The molecule has 3 rings (SSSR count). The van der Waals surface area contributed by atoms with E-state index in [0.29, 0.717) is 5.92 Å². The van der Waals surface area contributed by atoms with E-state index in [4.69, 9.17) is 0 Å². The lowest BCUT2D eigenvalue weighted by atomic mass is 9.58. The van der Waals surface area contributed by atoms with Crippen molar-refractivity contribution in [3.8, 4) is 0 Å². The first-order valence-corrected chi connectivity index (χ1v) is 11.4. The first kappa shape index (κ1) is 21.8. The van der Waals surface area contributed by atoms with Crippen LogP contribution in [0.25, 0.3) is 0 Å². The highest BCUT2D eigenvalue weighted by molar-refractivity contribution is 7.99. The Labute approximate surface area is 182 Å². The Hall–Kier alpha value is -1.93. The summed E-state index contributed by atoms with van der Waals surface area (Å²) in [5.41, 5.74) is 10.8. The summed E-state index contributed by atoms with van der Waals surface area (Å²) in [6.07, 6.45) is 1.18. The van der Waals surface area contributed by atoms with Crippen molar-refractivity contribution >= 4 is 30.0 Å². The fraction of sp³-hybridized carbons (Fsp3) is 0.333. The lowest BCUT2D eigenvalue weighted by Crippen LogP contribution is -2.34. The van der Waals surface area contributed by atoms with Crippen LogP contribution in [-0.4, -0.2) is 7.28 Å². The van der Waals surface area contributed by atoms with Gasteiger partial charge in [0.25, 0.3) is 0 Å². The number of hydrogen-bond acceptors (Lipinski definition) is 1. The van der Waals surface area contributed by atoms with E-state index in [1.807, 2.05) is 11.8 Å². The normalized spacial score (nSPS) is 12.1. The van der Waals surface area contributed by atoms with Gasteiger partial charge in [0.15, 0.2) is 7.28 Å². The minimum absolute atomic E-state index is 0.627. The molecule has 0 N–H and O–H groups in total. The minimum Gasteiger partial charge on any atom is -0.0901 e. The zero-order chi connectivity index (χ0) is 21.1. The highest BCUT2D eigenvalue weighted by Gasteiger charge is 2.13. The Morgan fingerprint density at radius 1 is 0.724 bits per heavy atom. The molecule has 29 heavy (non-hydrogen) atoms. The van der Waals surface area contributed by atoms with Gasteiger partial charge in [-0.1, -0.05) is 88.6 Å². The lowest BCUT2D eigenvalue weighted by Gasteiger charge is -2.16. The number of benzene rings is 3. The van der Waals surface area contributed by atoms with E-state index >= 15 is 0 Å². The molecule has 0 aliphatic carbocycles. The van der Waals surface area contributed by atoms with Gasteiger partial charge in [-0.15, -0.1) is 0 Å². The molecule has 0 nitrogen and oxygen atoms in total. The SMILES string of the molecule is CCC(C)c1ccc(Sc2cc(C)c([B]c3c(C)cc(C)cc3C)c(C)c2)cc1. The average molecular weight is 399 g/mol. The molecule has 3 aromatic carbocycles. The van der Waals surface area contributed by atoms with E-state index in [1.54, 1.807) is 0 Å². The van der Waals surface area contributed by atoms with E-state index in [0.717, 1.165) is 0 Å². The molecule has 2 heteroatoms. The second kappa shape index (κ2) is 9.26. The maximum absolute atomic E-state index is 2.37. The average Bonchev–Trinajstić information content (AvgIpc) is 2.66. The van der Waals surface area contributed by atoms with Crippen LogP contribution >= 0.6 is 11.8 Å². The van der Waals surface area contributed by atoms with Gasteiger partial charge in [-0.2, -0.15) is 0 Å². The minimum atomic E-state index is 0.627. The first-order valence-electron chi connectivity index (χ1n) is 10.6. The molecule has 0 bridgehead atoms. The van der Waals surface area contributed by atoms with Crippen LogP contribution < -0.4 is 10.9 Å². The van der Waals surface area contributed by atoms with Gasteiger partial charge >= 0.3 is 0 Å². The van der Waals surface area contributed by atoms with Gasteiger partial charge in [-0.3, -0.25) is 0 Å². The third-order valence-corrected chi connectivity index (χ3v) is 6.87. The number of rotatable bonds is 6. The summed E-state index contributed by atoms with van der Waals surface area (Å²) in [6, 6.07) is 18.3. The van der Waals surface area contributed by atoms with Crippen molar-refractivity contribution in [2.24, 2.45) is 0 Å². The maximum atomic E-state index is 2.37. The van der Waals surface area contributed by atoms with Gasteiger partial charge in [-0.05, 0) is 76.8 Å². The van der Waals surface area contributed by atoms with Crippen LogP contribution in [0.3, 0.4) is 0 Å². The first-order chi connectivity index (χ1) is 13.8. The van der Waals surface area contributed by atoms with Gasteiger partial charge in [0.05, 0.1) is 0 Å². The van der Waals surface area contributed by atoms with Crippen LogP contribution in [-0.2, 0) is 0 Å². The Kier molecular flexibility index (Phi) is 6.95. The summed E-state index contributed by atoms with van der Waals surface area (Å²) in [4.78, 5) is 2.61. The zero-order valence-electron chi connectivity index (χ0n) is 18.9. The van der Waals surface area contributed by atoms with E-state index in [9.17, 15) is 0 Å². The lowest BCUT2D eigenvalue weighted by molar-refractivity contribution is 0.733.